The van der Waals surface area contributed by atoms with Gasteiger partial charge in [-0.05, 0) is 93.9 Å². The lowest BCUT2D eigenvalue weighted by Crippen LogP contribution is -2.30. The molecule has 2 aromatic heterocycles. The summed E-state index contributed by atoms with van der Waals surface area (Å²) >= 11 is 0. The van der Waals surface area contributed by atoms with Crippen molar-refractivity contribution < 1.29 is 8.83 Å². The van der Waals surface area contributed by atoms with Crippen molar-refractivity contribution in [2.24, 2.45) is 0 Å². The number of rotatable bonds is 2. The van der Waals surface area contributed by atoms with Gasteiger partial charge in [-0.2, -0.15) is 0 Å². The summed E-state index contributed by atoms with van der Waals surface area (Å²) in [6, 6.07) is 41.9. The first-order valence-electron chi connectivity index (χ1n) is 16.5. The third-order valence-corrected chi connectivity index (χ3v) is 10.2. The Morgan fingerprint density at radius 2 is 1.23 bits per heavy atom. The molecule has 0 fully saturated rings. The topological polar surface area (TPSA) is 46.6 Å². The fourth-order valence-electron chi connectivity index (χ4n) is 7.52. The molecule has 0 spiro atoms. The lowest BCUT2D eigenvalue weighted by molar-refractivity contribution is 0.590. The van der Waals surface area contributed by atoms with Crippen molar-refractivity contribution in [2.45, 2.75) is 45.4 Å². The van der Waals surface area contributed by atoms with Gasteiger partial charge in [0.15, 0.2) is 0 Å². The number of fused-ring (bicyclic) bond motifs is 7. The average molecular weight is 626 g/mol. The van der Waals surface area contributed by atoms with Gasteiger partial charge in [0.25, 0.3) is 0 Å². The predicted molar refractivity (Wildman–Crippen MR) is 198 cm³/mol. The summed E-state index contributed by atoms with van der Waals surface area (Å²) in [5.74, 6) is 0. The van der Waals surface area contributed by atoms with Gasteiger partial charge >= 0.3 is 0 Å². The maximum Gasteiger partial charge on any atom is 0.200 e. The number of furan rings is 1. The standard InChI is InChI=1S/C44H35NO3/c1-43(2,3)28-18-20-40-33(23-28)42(46)32-22-27(17-19-39(32)47-40)26-11-10-12-29(21-26)45-36-15-8-7-14-34(36)44(4,5)35-25-41-31(24-37(35)45)30-13-6-9-16-38(30)48-41/h6-25H,1-5H3. The first kappa shape index (κ1) is 28.6. The molecule has 4 heteroatoms. The van der Waals surface area contributed by atoms with E-state index in [1.54, 1.807) is 0 Å². The number of hydrogen-bond acceptors (Lipinski definition) is 4. The molecule has 1 aliphatic rings. The van der Waals surface area contributed by atoms with E-state index in [0.717, 1.165) is 55.7 Å². The molecule has 48 heavy (non-hydrogen) atoms. The Morgan fingerprint density at radius 3 is 2.06 bits per heavy atom. The molecule has 6 aromatic carbocycles. The Morgan fingerprint density at radius 1 is 0.542 bits per heavy atom. The van der Waals surface area contributed by atoms with Crippen molar-refractivity contribution in [1.82, 2.24) is 0 Å². The molecular formula is C44H35NO3. The summed E-state index contributed by atoms with van der Waals surface area (Å²) < 4.78 is 12.6. The van der Waals surface area contributed by atoms with E-state index in [1.807, 2.05) is 42.5 Å². The van der Waals surface area contributed by atoms with Crippen LogP contribution in [0.4, 0.5) is 17.1 Å². The Hall–Kier alpha value is -5.61. The van der Waals surface area contributed by atoms with Crippen LogP contribution in [0.2, 0.25) is 0 Å². The maximum atomic E-state index is 13.9. The van der Waals surface area contributed by atoms with Gasteiger partial charge in [-0.3, -0.25) is 4.79 Å². The minimum Gasteiger partial charge on any atom is -0.456 e. The highest BCUT2D eigenvalue weighted by molar-refractivity contribution is 6.08. The van der Waals surface area contributed by atoms with Crippen LogP contribution in [0.3, 0.4) is 0 Å². The second-order valence-electron chi connectivity index (χ2n) is 14.6. The molecule has 1 aliphatic heterocycles. The van der Waals surface area contributed by atoms with E-state index in [2.05, 4.69) is 118 Å². The summed E-state index contributed by atoms with van der Waals surface area (Å²) in [4.78, 5) is 16.3. The molecule has 0 unspecified atom stereocenters. The molecule has 8 aromatic rings. The van der Waals surface area contributed by atoms with E-state index < -0.39 is 0 Å². The number of benzene rings is 6. The highest BCUT2D eigenvalue weighted by atomic mass is 16.3. The van der Waals surface area contributed by atoms with Crippen LogP contribution in [-0.4, -0.2) is 0 Å². The van der Waals surface area contributed by atoms with E-state index in [-0.39, 0.29) is 16.3 Å². The minimum absolute atomic E-state index is 0.00664. The summed E-state index contributed by atoms with van der Waals surface area (Å²) in [7, 11) is 0. The molecule has 9 rings (SSSR count). The largest absolute Gasteiger partial charge is 0.456 e. The molecule has 0 atom stereocenters. The molecule has 0 saturated heterocycles. The molecule has 3 heterocycles. The monoisotopic (exact) mass is 625 g/mol. The van der Waals surface area contributed by atoms with E-state index in [0.29, 0.717) is 21.9 Å². The van der Waals surface area contributed by atoms with Gasteiger partial charge < -0.3 is 13.7 Å². The third kappa shape index (κ3) is 4.18. The SMILES string of the molecule is CC(C)(C)c1ccc2oc3ccc(-c4cccc(N5c6ccccc6C(C)(C)c6cc7oc8ccccc8c7cc65)c4)cc3c(=O)c2c1. The van der Waals surface area contributed by atoms with Gasteiger partial charge in [-0.25, -0.2) is 0 Å². The van der Waals surface area contributed by atoms with E-state index >= 15 is 0 Å². The van der Waals surface area contributed by atoms with Gasteiger partial charge in [0.05, 0.1) is 22.1 Å². The van der Waals surface area contributed by atoms with Crippen LogP contribution in [0.25, 0.3) is 55.0 Å². The quantitative estimate of drug-likeness (QED) is 0.179. The second kappa shape index (κ2) is 9.95. The first-order chi connectivity index (χ1) is 23.1. The molecule has 0 N–H and O–H groups in total. The van der Waals surface area contributed by atoms with Crippen LogP contribution >= 0.6 is 0 Å². The maximum absolute atomic E-state index is 13.9. The van der Waals surface area contributed by atoms with Crippen LogP contribution in [0.15, 0.2) is 135 Å². The molecule has 0 amide bonds. The smallest absolute Gasteiger partial charge is 0.200 e. The van der Waals surface area contributed by atoms with Gasteiger partial charge in [-0.1, -0.05) is 95.3 Å². The molecule has 0 saturated carbocycles. The summed E-state index contributed by atoms with van der Waals surface area (Å²) in [5.41, 5.74) is 11.6. The predicted octanol–water partition coefficient (Wildman–Crippen LogP) is 11.9. The Labute approximate surface area is 278 Å². The van der Waals surface area contributed by atoms with Crippen LogP contribution in [0.5, 0.6) is 0 Å². The van der Waals surface area contributed by atoms with Crippen molar-refractivity contribution in [3.8, 4) is 11.1 Å². The van der Waals surface area contributed by atoms with Crippen molar-refractivity contribution in [3.05, 3.63) is 148 Å². The van der Waals surface area contributed by atoms with Crippen LogP contribution in [0, 0.1) is 0 Å². The molecule has 0 radical (unpaired) electrons. The fourth-order valence-corrected chi connectivity index (χ4v) is 7.52. The minimum atomic E-state index is -0.241. The van der Waals surface area contributed by atoms with E-state index in [1.165, 1.54) is 11.1 Å². The number of para-hydroxylation sites is 2. The molecule has 4 nitrogen and oxygen atoms in total. The Bertz CT molecular complexity index is 2670. The highest BCUT2D eigenvalue weighted by Crippen LogP contribution is 2.53. The first-order valence-corrected chi connectivity index (χ1v) is 16.5. The van der Waals surface area contributed by atoms with Crippen molar-refractivity contribution in [2.75, 3.05) is 4.90 Å². The van der Waals surface area contributed by atoms with Crippen molar-refractivity contribution in [3.63, 3.8) is 0 Å². The summed E-state index contributed by atoms with van der Waals surface area (Å²) in [5, 5.41) is 3.41. The zero-order valence-electron chi connectivity index (χ0n) is 27.7. The molecule has 0 bridgehead atoms. The fraction of sp³-hybridized carbons (Fsp3) is 0.159. The zero-order chi connectivity index (χ0) is 32.9. The zero-order valence-corrected chi connectivity index (χ0v) is 27.7. The van der Waals surface area contributed by atoms with Crippen LogP contribution in [0.1, 0.15) is 51.3 Å². The van der Waals surface area contributed by atoms with Crippen molar-refractivity contribution >= 4 is 60.9 Å². The molecule has 0 aliphatic carbocycles. The summed E-state index contributed by atoms with van der Waals surface area (Å²) in [6.07, 6.45) is 0. The third-order valence-electron chi connectivity index (χ3n) is 10.2. The van der Waals surface area contributed by atoms with Gasteiger partial charge in [0, 0.05) is 21.9 Å². The number of anilines is 3. The molecule has 234 valence electrons. The Kier molecular flexibility index (Phi) is 5.93. The van der Waals surface area contributed by atoms with E-state index in [9.17, 15) is 4.79 Å². The van der Waals surface area contributed by atoms with Crippen LogP contribution < -0.4 is 10.3 Å². The Balaban J connectivity index is 1.23. The van der Waals surface area contributed by atoms with Crippen molar-refractivity contribution in [1.29, 1.82) is 0 Å². The molecular weight excluding hydrogens is 590 g/mol. The average Bonchev–Trinajstić information content (AvgIpc) is 3.45. The number of hydrogen-bond donors (Lipinski definition) is 0. The highest BCUT2D eigenvalue weighted by Gasteiger charge is 2.37. The van der Waals surface area contributed by atoms with Crippen LogP contribution in [-0.2, 0) is 10.8 Å². The summed E-state index contributed by atoms with van der Waals surface area (Å²) in [6.45, 7) is 11.1. The number of nitrogens with zero attached hydrogens (tertiary/aromatic N) is 1. The lowest BCUT2D eigenvalue weighted by Gasteiger charge is -2.42. The van der Waals surface area contributed by atoms with Gasteiger partial charge in [0.1, 0.15) is 22.3 Å². The lowest BCUT2D eigenvalue weighted by atomic mass is 9.73. The van der Waals surface area contributed by atoms with E-state index in [4.69, 9.17) is 8.83 Å². The second-order valence-corrected chi connectivity index (χ2v) is 14.6. The van der Waals surface area contributed by atoms with Gasteiger partial charge in [-0.15, -0.1) is 0 Å². The normalized spacial score (nSPS) is 14.1. The van der Waals surface area contributed by atoms with Gasteiger partial charge in [0.2, 0.25) is 5.43 Å².